The first kappa shape index (κ1) is 47.9. The molecule has 16 heteroatoms. The Bertz CT molecular complexity index is 3310. The molecule has 7 aromatic rings. The summed E-state index contributed by atoms with van der Waals surface area (Å²) in [6.45, 7) is 0. The minimum absolute atomic E-state index is 0.379. The molecule has 75 heavy (non-hydrogen) atoms. The van der Waals surface area contributed by atoms with E-state index in [0.29, 0.717) is 75.2 Å². The number of hydrogen-bond acceptors (Lipinski definition) is 12. The van der Waals surface area contributed by atoms with Crippen LogP contribution in [0.3, 0.4) is 0 Å². The standard InChI is InChI=1S/C33H22N2O6.C26H16N2O6/c36-30-15-16-31(37)34(30)24-3-1-5-28(20-24)40-26-11-7-22(8-12-26)19-23-9-13-27(14-10-23)41-29-6-2-4-25(21-29)35-32(38)17-18-33(35)39;29-23-10-11-24(30)27(23)17-4-1-6-19(14-17)33-21-8-3-9-22(16-21)34-20-7-2-5-18(15-20)28-25(31)12-13-26(28)32/h1-18,20-21H,19H2;1-16H. The number of imide groups is 4. The topological polar surface area (TPSA) is 186 Å². The summed E-state index contributed by atoms with van der Waals surface area (Å²) in [4.78, 5) is 99.9. The van der Waals surface area contributed by atoms with Crippen molar-refractivity contribution in [3.8, 4) is 46.0 Å². The predicted octanol–water partition coefficient (Wildman–Crippen LogP) is 9.85. The summed E-state index contributed by atoms with van der Waals surface area (Å²) in [5, 5.41) is 0. The van der Waals surface area contributed by atoms with Gasteiger partial charge in [-0.2, -0.15) is 0 Å². The van der Waals surface area contributed by atoms with Crippen molar-refractivity contribution in [1.82, 2.24) is 0 Å². The van der Waals surface area contributed by atoms with Crippen LogP contribution in [0.4, 0.5) is 22.7 Å². The quantitative estimate of drug-likeness (QED) is 0.0941. The number of amides is 8. The molecular formula is C59H38N4O12. The van der Waals surface area contributed by atoms with E-state index in [4.69, 9.17) is 18.9 Å². The number of hydrogen-bond donors (Lipinski definition) is 0. The molecule has 0 fully saturated rings. The van der Waals surface area contributed by atoms with Crippen LogP contribution in [0.25, 0.3) is 0 Å². The van der Waals surface area contributed by atoms with E-state index in [1.165, 1.54) is 48.6 Å². The van der Waals surface area contributed by atoms with Gasteiger partial charge >= 0.3 is 0 Å². The highest BCUT2D eigenvalue weighted by Crippen LogP contribution is 2.34. The molecule has 4 aliphatic heterocycles. The van der Waals surface area contributed by atoms with Crippen molar-refractivity contribution < 1.29 is 57.3 Å². The van der Waals surface area contributed by atoms with E-state index in [1.54, 1.807) is 121 Å². The predicted molar refractivity (Wildman–Crippen MR) is 275 cm³/mol. The van der Waals surface area contributed by atoms with Crippen molar-refractivity contribution in [1.29, 1.82) is 0 Å². The molecule has 0 unspecified atom stereocenters. The summed E-state index contributed by atoms with van der Waals surface area (Å²) in [6.07, 6.45) is 10.6. The summed E-state index contributed by atoms with van der Waals surface area (Å²) in [5.74, 6) is 0.933. The van der Waals surface area contributed by atoms with Crippen LogP contribution in [0.15, 0.2) is 218 Å². The van der Waals surface area contributed by atoms with Gasteiger partial charge in [0.05, 0.1) is 22.7 Å². The lowest BCUT2D eigenvalue weighted by Gasteiger charge is -2.16. The second kappa shape index (κ2) is 20.9. The average molecular weight is 995 g/mol. The molecule has 0 bridgehead atoms. The third-order valence-corrected chi connectivity index (χ3v) is 11.5. The number of rotatable bonds is 14. The molecule has 7 aromatic carbocycles. The highest BCUT2D eigenvalue weighted by molar-refractivity contribution is 6.30. The lowest BCUT2D eigenvalue weighted by molar-refractivity contribution is -0.121. The molecule has 4 heterocycles. The number of benzene rings is 7. The molecule has 0 N–H and O–H groups in total. The Hall–Kier alpha value is -10.7. The largest absolute Gasteiger partial charge is 0.457 e. The molecule has 8 amide bonds. The van der Waals surface area contributed by atoms with Crippen LogP contribution < -0.4 is 38.5 Å². The molecule has 0 radical (unpaired) electrons. The Labute approximate surface area is 427 Å². The maximum absolute atomic E-state index is 12.0. The average Bonchev–Trinajstić information content (AvgIpc) is 4.15. The number of ether oxygens (including phenoxy) is 4. The molecule has 0 spiro atoms. The van der Waals surface area contributed by atoms with Gasteiger partial charge in [-0.1, -0.05) is 54.6 Å². The zero-order valence-corrected chi connectivity index (χ0v) is 39.2. The molecule has 366 valence electrons. The van der Waals surface area contributed by atoms with Gasteiger partial charge in [0.25, 0.3) is 47.3 Å². The smallest absolute Gasteiger partial charge is 0.258 e. The maximum Gasteiger partial charge on any atom is 0.258 e. The van der Waals surface area contributed by atoms with Crippen LogP contribution in [0.5, 0.6) is 46.0 Å². The summed E-state index contributed by atoms with van der Waals surface area (Å²) in [5.41, 5.74) is 3.88. The van der Waals surface area contributed by atoms with Crippen molar-refractivity contribution in [2.45, 2.75) is 6.42 Å². The Morgan fingerprint density at radius 2 is 0.453 bits per heavy atom. The summed E-state index contributed by atoms with van der Waals surface area (Å²) >= 11 is 0. The number of anilines is 4. The van der Waals surface area contributed by atoms with E-state index in [0.717, 1.165) is 30.7 Å². The second-order valence-corrected chi connectivity index (χ2v) is 16.7. The van der Waals surface area contributed by atoms with Crippen molar-refractivity contribution in [3.63, 3.8) is 0 Å². The zero-order chi connectivity index (χ0) is 52.0. The summed E-state index contributed by atoms with van der Waals surface area (Å²) in [7, 11) is 0. The van der Waals surface area contributed by atoms with E-state index < -0.39 is 23.6 Å². The van der Waals surface area contributed by atoms with E-state index in [-0.39, 0.29) is 23.6 Å². The third-order valence-electron chi connectivity index (χ3n) is 11.5. The second-order valence-electron chi connectivity index (χ2n) is 16.7. The van der Waals surface area contributed by atoms with Gasteiger partial charge in [0, 0.05) is 78.9 Å². The van der Waals surface area contributed by atoms with Crippen molar-refractivity contribution in [2.75, 3.05) is 19.6 Å². The number of carbonyl (C=O) groups is 8. The Balaban J connectivity index is 0.000000174. The third kappa shape index (κ3) is 10.9. The van der Waals surface area contributed by atoms with Gasteiger partial charge in [-0.3, -0.25) is 38.4 Å². The van der Waals surface area contributed by atoms with Crippen LogP contribution in [0.1, 0.15) is 11.1 Å². The first-order chi connectivity index (χ1) is 36.4. The molecular weight excluding hydrogens is 957 g/mol. The van der Waals surface area contributed by atoms with Crippen molar-refractivity contribution in [2.24, 2.45) is 0 Å². The first-order valence-electron chi connectivity index (χ1n) is 23.0. The van der Waals surface area contributed by atoms with Crippen molar-refractivity contribution in [3.05, 3.63) is 230 Å². The highest BCUT2D eigenvalue weighted by atomic mass is 16.5. The fourth-order valence-electron chi connectivity index (χ4n) is 8.10. The lowest BCUT2D eigenvalue weighted by Crippen LogP contribution is -2.29. The Morgan fingerprint density at radius 1 is 0.240 bits per heavy atom. The van der Waals surface area contributed by atoms with Gasteiger partial charge < -0.3 is 18.9 Å². The van der Waals surface area contributed by atoms with Crippen LogP contribution in [0.2, 0.25) is 0 Å². The monoisotopic (exact) mass is 994 g/mol. The van der Waals surface area contributed by atoms with Crippen LogP contribution in [-0.2, 0) is 44.8 Å². The van der Waals surface area contributed by atoms with Crippen LogP contribution in [-0.4, -0.2) is 47.3 Å². The fraction of sp³-hybridized carbons (Fsp3) is 0.0169. The van der Waals surface area contributed by atoms with Gasteiger partial charge in [0.2, 0.25) is 0 Å². The maximum atomic E-state index is 12.0. The summed E-state index contributed by atoms with van der Waals surface area (Å²) in [6, 6.07) is 49.2. The lowest BCUT2D eigenvalue weighted by atomic mass is 10.0. The van der Waals surface area contributed by atoms with E-state index in [9.17, 15) is 38.4 Å². The molecule has 0 atom stereocenters. The zero-order valence-electron chi connectivity index (χ0n) is 39.2. The van der Waals surface area contributed by atoms with Gasteiger partial charge in [-0.15, -0.1) is 0 Å². The van der Waals surface area contributed by atoms with E-state index in [1.807, 2.05) is 48.5 Å². The highest BCUT2D eigenvalue weighted by Gasteiger charge is 2.28. The molecule has 0 aromatic heterocycles. The SMILES string of the molecule is O=C1C=CC(=O)N1c1cccc(Oc2ccc(Cc3ccc(Oc4cccc(N5C(=O)C=CC5=O)c4)cc3)cc2)c1.O=C1C=CC(=O)N1c1cccc(Oc2cccc(Oc3cccc(N4C(=O)C=CC4=O)c3)c2)c1. The Morgan fingerprint density at radius 3 is 0.707 bits per heavy atom. The molecule has 4 aliphatic rings. The molecule has 0 saturated heterocycles. The summed E-state index contributed by atoms with van der Waals surface area (Å²) < 4.78 is 23.7. The van der Waals surface area contributed by atoms with E-state index in [2.05, 4.69) is 0 Å². The molecule has 0 aliphatic carbocycles. The molecule has 11 rings (SSSR count). The molecule has 0 saturated carbocycles. The minimum atomic E-state index is -0.409. The van der Waals surface area contributed by atoms with E-state index >= 15 is 0 Å². The van der Waals surface area contributed by atoms with Gasteiger partial charge in [0.1, 0.15) is 46.0 Å². The molecule has 16 nitrogen and oxygen atoms in total. The van der Waals surface area contributed by atoms with Gasteiger partial charge in [-0.05, 0) is 102 Å². The Kier molecular flexibility index (Phi) is 13.4. The first-order valence-corrected chi connectivity index (χ1v) is 23.0. The normalized spacial score (nSPS) is 14.6. The fourth-order valence-corrected chi connectivity index (χ4v) is 8.10. The van der Waals surface area contributed by atoms with Gasteiger partial charge in [0.15, 0.2) is 0 Å². The number of carbonyl (C=O) groups excluding carboxylic acids is 8. The van der Waals surface area contributed by atoms with Gasteiger partial charge in [-0.25, -0.2) is 19.6 Å². The number of nitrogens with zero attached hydrogens (tertiary/aromatic N) is 4. The van der Waals surface area contributed by atoms with Crippen molar-refractivity contribution >= 4 is 70.0 Å². The van der Waals surface area contributed by atoms with Crippen LogP contribution >= 0.6 is 0 Å². The minimum Gasteiger partial charge on any atom is -0.457 e. The van der Waals surface area contributed by atoms with Crippen LogP contribution in [0, 0.1) is 0 Å².